The Morgan fingerprint density at radius 2 is 1.86 bits per heavy atom. The van der Waals surface area contributed by atoms with Crippen LogP contribution in [0.1, 0.15) is 60.3 Å². The summed E-state index contributed by atoms with van der Waals surface area (Å²) in [7, 11) is 0. The molecule has 6 atom stereocenters. The van der Waals surface area contributed by atoms with Crippen molar-refractivity contribution in [3.8, 4) is 0 Å². The Balaban J connectivity index is 2.43. The lowest BCUT2D eigenvalue weighted by atomic mass is 9.50. The smallest absolute Gasteiger partial charge is 0.302 e. The van der Waals surface area contributed by atoms with Crippen molar-refractivity contribution in [3.63, 3.8) is 0 Å². The van der Waals surface area contributed by atoms with E-state index >= 15 is 0 Å². The van der Waals surface area contributed by atoms with Gasteiger partial charge >= 0.3 is 5.97 Å². The van der Waals surface area contributed by atoms with Crippen molar-refractivity contribution in [3.05, 3.63) is 0 Å². The highest BCUT2D eigenvalue weighted by atomic mass is 16.5. The lowest BCUT2D eigenvalue weighted by Gasteiger charge is -2.59. The number of hydrogen-bond donors (Lipinski definition) is 2. The summed E-state index contributed by atoms with van der Waals surface area (Å²) in [5, 5.41) is 21.5. The molecule has 0 aromatic rings. The number of ether oxygens (including phenoxy) is 1. The van der Waals surface area contributed by atoms with Gasteiger partial charge in [-0.25, -0.2) is 0 Å². The number of aliphatic hydroxyl groups is 2. The van der Waals surface area contributed by atoms with Gasteiger partial charge in [0.1, 0.15) is 6.10 Å². The van der Waals surface area contributed by atoms with E-state index in [1.54, 1.807) is 0 Å². The summed E-state index contributed by atoms with van der Waals surface area (Å²) < 4.78 is 5.67. The fourth-order valence-electron chi connectivity index (χ4n) is 4.83. The maximum Gasteiger partial charge on any atom is 0.302 e. The second-order valence-electron chi connectivity index (χ2n) is 7.92. The standard InChI is InChI=1S/C17H30O4/c1-10(2)12-6-8-16(4)13(19)7-9-17(5,20)15(16)14(12)21-11(3)18/h10,12-15,19-20H,6-9H2,1-5H3/t12-,13+,14+,15+,16-,17-/m0/s1. The molecule has 4 nitrogen and oxygen atoms in total. The molecule has 0 unspecified atom stereocenters. The first-order valence-electron chi connectivity index (χ1n) is 8.17. The molecule has 0 amide bonds. The topological polar surface area (TPSA) is 66.8 Å². The highest BCUT2D eigenvalue weighted by Crippen LogP contribution is 2.57. The van der Waals surface area contributed by atoms with Crippen LogP contribution in [0.5, 0.6) is 0 Å². The Morgan fingerprint density at radius 3 is 2.38 bits per heavy atom. The van der Waals surface area contributed by atoms with Gasteiger partial charge in [0.2, 0.25) is 0 Å². The van der Waals surface area contributed by atoms with E-state index in [4.69, 9.17) is 4.74 Å². The van der Waals surface area contributed by atoms with Crippen molar-refractivity contribution in [1.29, 1.82) is 0 Å². The molecule has 2 fully saturated rings. The molecule has 0 aromatic heterocycles. The van der Waals surface area contributed by atoms with Crippen LogP contribution >= 0.6 is 0 Å². The average Bonchev–Trinajstić information content (AvgIpc) is 2.33. The molecular weight excluding hydrogens is 268 g/mol. The van der Waals surface area contributed by atoms with Crippen molar-refractivity contribution < 1.29 is 19.7 Å². The molecule has 0 radical (unpaired) electrons. The Hall–Kier alpha value is -0.610. The van der Waals surface area contributed by atoms with Gasteiger partial charge < -0.3 is 14.9 Å². The van der Waals surface area contributed by atoms with E-state index in [0.29, 0.717) is 18.8 Å². The van der Waals surface area contributed by atoms with E-state index in [9.17, 15) is 15.0 Å². The second-order valence-corrected chi connectivity index (χ2v) is 7.92. The Labute approximate surface area is 127 Å². The predicted molar refractivity (Wildman–Crippen MR) is 80.6 cm³/mol. The molecule has 0 aromatic carbocycles. The molecule has 122 valence electrons. The van der Waals surface area contributed by atoms with Crippen LogP contribution in [-0.4, -0.2) is 34.0 Å². The van der Waals surface area contributed by atoms with Gasteiger partial charge in [0.05, 0.1) is 11.7 Å². The molecule has 0 aliphatic heterocycles. The quantitative estimate of drug-likeness (QED) is 0.769. The maximum atomic E-state index is 11.6. The molecule has 2 saturated carbocycles. The largest absolute Gasteiger partial charge is 0.462 e. The van der Waals surface area contributed by atoms with E-state index < -0.39 is 11.7 Å². The highest BCUT2D eigenvalue weighted by molar-refractivity contribution is 5.66. The summed E-state index contributed by atoms with van der Waals surface area (Å²) in [5.41, 5.74) is -1.28. The van der Waals surface area contributed by atoms with Gasteiger partial charge in [0.15, 0.2) is 0 Å². The van der Waals surface area contributed by atoms with Crippen molar-refractivity contribution in [2.24, 2.45) is 23.2 Å². The number of rotatable bonds is 2. The number of carbonyl (C=O) groups is 1. The highest BCUT2D eigenvalue weighted by Gasteiger charge is 2.60. The number of aliphatic hydroxyl groups excluding tert-OH is 1. The monoisotopic (exact) mass is 298 g/mol. The first-order chi connectivity index (χ1) is 9.59. The third kappa shape index (κ3) is 2.85. The van der Waals surface area contributed by atoms with Gasteiger partial charge in [0.25, 0.3) is 0 Å². The van der Waals surface area contributed by atoms with Crippen LogP contribution in [0.4, 0.5) is 0 Å². The number of carbonyl (C=O) groups excluding carboxylic acids is 1. The third-order valence-corrected chi connectivity index (χ3v) is 5.99. The first kappa shape index (κ1) is 16.8. The van der Waals surface area contributed by atoms with Gasteiger partial charge in [-0.05, 0) is 44.4 Å². The van der Waals surface area contributed by atoms with Crippen LogP contribution < -0.4 is 0 Å². The Bertz CT molecular complexity index is 404. The Kier molecular flexibility index (Phi) is 4.42. The number of hydrogen-bond acceptors (Lipinski definition) is 4. The van der Waals surface area contributed by atoms with Crippen LogP contribution in [0.15, 0.2) is 0 Å². The summed E-state index contributed by atoms with van der Waals surface area (Å²) in [6.07, 6.45) is 2.21. The van der Waals surface area contributed by atoms with Crippen molar-refractivity contribution >= 4 is 5.97 Å². The summed E-state index contributed by atoms with van der Waals surface area (Å²) in [6.45, 7) is 9.58. The summed E-state index contributed by atoms with van der Waals surface area (Å²) in [5.74, 6) is 0.113. The summed E-state index contributed by atoms with van der Waals surface area (Å²) in [4.78, 5) is 11.6. The maximum absolute atomic E-state index is 11.6. The van der Waals surface area contributed by atoms with Crippen molar-refractivity contribution in [2.75, 3.05) is 0 Å². The minimum atomic E-state index is -0.901. The third-order valence-electron chi connectivity index (χ3n) is 5.99. The Morgan fingerprint density at radius 1 is 1.24 bits per heavy atom. The van der Waals surface area contributed by atoms with Gasteiger partial charge in [-0.3, -0.25) is 4.79 Å². The van der Waals surface area contributed by atoms with E-state index in [2.05, 4.69) is 13.8 Å². The normalized spacial score (nSPS) is 47.0. The fraction of sp³-hybridized carbons (Fsp3) is 0.941. The van der Waals surface area contributed by atoms with Crippen LogP contribution in [0.25, 0.3) is 0 Å². The number of esters is 1. The number of fused-ring (bicyclic) bond motifs is 1. The molecule has 2 N–H and O–H groups in total. The van der Waals surface area contributed by atoms with E-state index in [1.165, 1.54) is 6.92 Å². The van der Waals surface area contributed by atoms with Gasteiger partial charge in [-0.15, -0.1) is 0 Å². The molecule has 0 heterocycles. The fourth-order valence-corrected chi connectivity index (χ4v) is 4.83. The molecule has 2 aliphatic rings. The predicted octanol–water partition coefficient (Wildman–Crippen LogP) is 2.51. The van der Waals surface area contributed by atoms with Crippen LogP contribution in [0.2, 0.25) is 0 Å². The molecule has 2 rings (SSSR count). The van der Waals surface area contributed by atoms with Crippen LogP contribution in [0.3, 0.4) is 0 Å². The van der Waals surface area contributed by atoms with Crippen molar-refractivity contribution in [2.45, 2.75) is 78.1 Å². The first-order valence-corrected chi connectivity index (χ1v) is 8.17. The van der Waals surface area contributed by atoms with Crippen LogP contribution in [-0.2, 0) is 9.53 Å². The minimum Gasteiger partial charge on any atom is -0.462 e. The molecule has 0 saturated heterocycles. The van der Waals surface area contributed by atoms with E-state index in [-0.39, 0.29) is 29.3 Å². The second kappa shape index (κ2) is 5.54. The zero-order valence-corrected chi connectivity index (χ0v) is 13.9. The van der Waals surface area contributed by atoms with Gasteiger partial charge in [-0.1, -0.05) is 20.8 Å². The SMILES string of the molecule is CC(=O)O[C@H]1[C@@H]2[C@@](C)(CC[C@H]1C(C)C)[C@H](O)CC[C@]2(C)O. The molecule has 4 heteroatoms. The average molecular weight is 298 g/mol. The molecule has 21 heavy (non-hydrogen) atoms. The zero-order chi connectivity index (χ0) is 16.0. The van der Waals surface area contributed by atoms with E-state index in [1.807, 2.05) is 13.8 Å². The lowest BCUT2D eigenvalue weighted by Crippen LogP contribution is -2.64. The lowest BCUT2D eigenvalue weighted by molar-refractivity contribution is -0.229. The molecule has 0 spiro atoms. The molecular formula is C17H30O4. The van der Waals surface area contributed by atoms with Gasteiger partial charge in [-0.2, -0.15) is 0 Å². The van der Waals surface area contributed by atoms with Gasteiger partial charge in [0, 0.05) is 18.3 Å². The summed E-state index contributed by atoms with van der Waals surface area (Å²) in [6, 6.07) is 0. The minimum absolute atomic E-state index is 0.209. The van der Waals surface area contributed by atoms with Crippen LogP contribution in [0, 0.1) is 23.2 Å². The molecule has 2 aliphatic carbocycles. The summed E-state index contributed by atoms with van der Waals surface area (Å²) >= 11 is 0. The molecule has 0 bridgehead atoms. The van der Waals surface area contributed by atoms with E-state index in [0.717, 1.165) is 12.8 Å². The zero-order valence-electron chi connectivity index (χ0n) is 13.9. The van der Waals surface area contributed by atoms with Crippen molar-refractivity contribution in [1.82, 2.24) is 0 Å².